The van der Waals surface area contributed by atoms with E-state index in [-0.39, 0.29) is 5.91 Å². The van der Waals surface area contributed by atoms with Crippen molar-refractivity contribution in [2.75, 3.05) is 25.0 Å². The Labute approximate surface area is 195 Å². The number of benzene rings is 2. The van der Waals surface area contributed by atoms with Crippen molar-refractivity contribution in [2.45, 2.75) is 44.4 Å². The molecule has 1 amide bonds. The molecule has 6 rings (SSSR count). The summed E-state index contributed by atoms with van der Waals surface area (Å²) in [5.74, 6) is 0.425. The van der Waals surface area contributed by atoms with Gasteiger partial charge in [0.15, 0.2) is 0 Å². The molecule has 0 bridgehead atoms. The third-order valence-electron chi connectivity index (χ3n) is 7.53. The lowest BCUT2D eigenvalue weighted by atomic mass is 9.82. The van der Waals surface area contributed by atoms with Crippen molar-refractivity contribution < 1.29 is 4.79 Å². The summed E-state index contributed by atoms with van der Waals surface area (Å²) in [7, 11) is 0. The van der Waals surface area contributed by atoms with Crippen LogP contribution in [0.5, 0.6) is 0 Å². The van der Waals surface area contributed by atoms with E-state index in [9.17, 15) is 4.79 Å². The first-order chi connectivity index (χ1) is 16.2. The van der Waals surface area contributed by atoms with Crippen molar-refractivity contribution in [1.82, 2.24) is 9.88 Å². The zero-order chi connectivity index (χ0) is 22.2. The fourth-order valence-electron chi connectivity index (χ4n) is 5.79. The Morgan fingerprint density at radius 1 is 1.00 bits per heavy atom. The minimum atomic E-state index is -0.00567. The topological polar surface area (TPSA) is 48.1 Å². The third-order valence-corrected chi connectivity index (χ3v) is 7.53. The molecule has 4 nitrogen and oxygen atoms in total. The molecule has 1 unspecified atom stereocenters. The summed E-state index contributed by atoms with van der Waals surface area (Å²) in [6, 6.07) is 19.5. The van der Waals surface area contributed by atoms with Gasteiger partial charge in [0.05, 0.1) is 5.57 Å². The number of fused-ring (bicyclic) bond motifs is 2. The Morgan fingerprint density at radius 3 is 2.70 bits per heavy atom. The van der Waals surface area contributed by atoms with E-state index in [2.05, 4.69) is 69.8 Å². The number of likely N-dealkylation sites (tertiary alicyclic amines) is 1. The van der Waals surface area contributed by atoms with Crippen LogP contribution in [0, 0.1) is 0 Å². The van der Waals surface area contributed by atoms with Gasteiger partial charge < -0.3 is 15.2 Å². The molecule has 168 valence electrons. The number of rotatable bonds is 5. The highest BCUT2D eigenvalue weighted by Crippen LogP contribution is 2.39. The Kier molecular flexibility index (Phi) is 5.39. The standard InChI is InChI=1S/C29H31N3O/c33-29-26(24-17-20(11-12-28(24)31-29)13-16-32-14-4-5-15-32)19-22-18-25-23(9-6-10-27(25)30-22)21-7-2-1-3-8-21/h1-3,7-8,11-12,17-19,23,30H,4-6,9-10,13-16H2,(H,31,33). The van der Waals surface area contributed by atoms with Gasteiger partial charge >= 0.3 is 0 Å². The molecule has 4 heteroatoms. The van der Waals surface area contributed by atoms with Crippen LogP contribution in [0.15, 0.2) is 54.6 Å². The van der Waals surface area contributed by atoms with Gasteiger partial charge in [-0.05, 0) is 92.6 Å². The second kappa shape index (κ2) is 8.68. The predicted octanol–water partition coefficient (Wildman–Crippen LogP) is 5.61. The number of anilines is 1. The van der Waals surface area contributed by atoms with Crippen LogP contribution in [0.4, 0.5) is 5.69 Å². The van der Waals surface area contributed by atoms with Crippen LogP contribution in [0.3, 0.4) is 0 Å². The molecule has 33 heavy (non-hydrogen) atoms. The maximum atomic E-state index is 12.8. The molecule has 3 aliphatic rings. The zero-order valence-electron chi connectivity index (χ0n) is 19.1. The summed E-state index contributed by atoms with van der Waals surface area (Å²) < 4.78 is 0. The SMILES string of the molecule is O=C1Nc2ccc(CCN3CCCC3)cc2C1=Cc1cc2c([nH]1)CCCC2c1ccccc1. The smallest absolute Gasteiger partial charge is 0.256 e. The molecule has 1 aromatic heterocycles. The third kappa shape index (κ3) is 4.04. The highest BCUT2D eigenvalue weighted by Gasteiger charge is 2.27. The van der Waals surface area contributed by atoms with Crippen molar-refractivity contribution >= 4 is 23.2 Å². The van der Waals surface area contributed by atoms with Crippen LogP contribution in [-0.2, 0) is 17.6 Å². The molecule has 2 aliphatic heterocycles. The monoisotopic (exact) mass is 437 g/mol. The highest BCUT2D eigenvalue weighted by atomic mass is 16.2. The molecule has 0 radical (unpaired) electrons. The molecule has 2 N–H and O–H groups in total. The van der Waals surface area contributed by atoms with Crippen molar-refractivity contribution in [1.29, 1.82) is 0 Å². The quantitative estimate of drug-likeness (QED) is 0.510. The number of carbonyl (C=O) groups excluding carboxylic acids is 1. The van der Waals surface area contributed by atoms with Gasteiger partial charge in [-0.15, -0.1) is 0 Å². The number of aromatic amines is 1. The second-order valence-electron chi connectivity index (χ2n) is 9.70. The first-order valence-corrected chi connectivity index (χ1v) is 12.4. The Hall–Kier alpha value is -3.11. The van der Waals surface area contributed by atoms with Crippen molar-refractivity contribution in [2.24, 2.45) is 0 Å². The second-order valence-corrected chi connectivity index (χ2v) is 9.70. The fourth-order valence-corrected chi connectivity index (χ4v) is 5.79. The largest absolute Gasteiger partial charge is 0.359 e. The fraction of sp³-hybridized carbons (Fsp3) is 0.345. The van der Waals surface area contributed by atoms with Crippen LogP contribution in [0.1, 0.15) is 65.2 Å². The van der Waals surface area contributed by atoms with Gasteiger partial charge in [0.1, 0.15) is 0 Å². The number of H-pyrrole nitrogens is 1. The number of aryl methyl sites for hydroxylation is 1. The van der Waals surface area contributed by atoms with E-state index in [1.54, 1.807) is 0 Å². The summed E-state index contributed by atoms with van der Waals surface area (Å²) >= 11 is 0. The molecule has 1 fully saturated rings. The average molecular weight is 438 g/mol. The first-order valence-electron chi connectivity index (χ1n) is 12.4. The summed E-state index contributed by atoms with van der Waals surface area (Å²) in [6.45, 7) is 3.54. The molecule has 1 atom stereocenters. The first kappa shape index (κ1) is 20.5. The Balaban J connectivity index is 1.28. The van der Waals surface area contributed by atoms with Gasteiger partial charge in [0.2, 0.25) is 0 Å². The lowest BCUT2D eigenvalue weighted by Gasteiger charge is -2.22. The normalized spacial score (nSPS) is 21.3. The minimum absolute atomic E-state index is 0.00567. The van der Waals surface area contributed by atoms with Gasteiger partial charge in [-0.2, -0.15) is 0 Å². The molecule has 1 aliphatic carbocycles. The molecular weight excluding hydrogens is 406 g/mol. The highest BCUT2D eigenvalue weighted by molar-refractivity contribution is 6.34. The van der Waals surface area contributed by atoms with Crippen LogP contribution in [0.2, 0.25) is 0 Å². The number of nitrogens with zero attached hydrogens (tertiary/aromatic N) is 1. The molecular formula is C29H31N3O. The summed E-state index contributed by atoms with van der Waals surface area (Å²) in [6.07, 6.45) is 9.16. The number of nitrogens with one attached hydrogen (secondary N) is 2. The maximum Gasteiger partial charge on any atom is 0.256 e. The summed E-state index contributed by atoms with van der Waals surface area (Å²) in [5.41, 5.74) is 9.14. The summed E-state index contributed by atoms with van der Waals surface area (Å²) in [4.78, 5) is 19.0. The number of carbonyl (C=O) groups is 1. The minimum Gasteiger partial charge on any atom is -0.359 e. The predicted molar refractivity (Wildman–Crippen MR) is 134 cm³/mol. The average Bonchev–Trinajstić information content (AvgIpc) is 3.57. The molecule has 3 heterocycles. The molecule has 0 spiro atoms. The Morgan fingerprint density at radius 2 is 1.85 bits per heavy atom. The number of amides is 1. The number of aromatic nitrogens is 1. The maximum absolute atomic E-state index is 12.8. The lowest BCUT2D eigenvalue weighted by Crippen LogP contribution is -2.21. The number of hydrogen-bond donors (Lipinski definition) is 2. The van der Waals surface area contributed by atoms with Crippen molar-refractivity contribution in [3.05, 3.63) is 88.2 Å². The van der Waals surface area contributed by atoms with Crippen molar-refractivity contribution in [3.8, 4) is 0 Å². The molecule has 3 aromatic rings. The Bertz CT molecular complexity index is 1200. The van der Waals surface area contributed by atoms with Gasteiger partial charge in [-0.3, -0.25) is 4.79 Å². The van der Waals surface area contributed by atoms with E-state index in [1.165, 1.54) is 61.2 Å². The van der Waals surface area contributed by atoms with Gasteiger partial charge in [0, 0.05) is 35.1 Å². The molecule has 1 saturated heterocycles. The number of hydrogen-bond acceptors (Lipinski definition) is 2. The van der Waals surface area contributed by atoms with E-state index < -0.39 is 0 Å². The van der Waals surface area contributed by atoms with E-state index in [4.69, 9.17) is 0 Å². The zero-order valence-corrected chi connectivity index (χ0v) is 19.1. The van der Waals surface area contributed by atoms with Gasteiger partial charge in [-0.25, -0.2) is 0 Å². The van der Waals surface area contributed by atoms with Crippen LogP contribution in [0.25, 0.3) is 11.6 Å². The van der Waals surface area contributed by atoms with E-state index in [0.717, 1.165) is 41.9 Å². The van der Waals surface area contributed by atoms with E-state index in [1.807, 2.05) is 6.08 Å². The molecule has 0 saturated carbocycles. The van der Waals surface area contributed by atoms with E-state index >= 15 is 0 Å². The van der Waals surface area contributed by atoms with Crippen LogP contribution < -0.4 is 5.32 Å². The van der Waals surface area contributed by atoms with Gasteiger partial charge in [-0.1, -0.05) is 36.4 Å². The van der Waals surface area contributed by atoms with Crippen LogP contribution >= 0.6 is 0 Å². The van der Waals surface area contributed by atoms with E-state index in [0.29, 0.717) is 5.92 Å². The lowest BCUT2D eigenvalue weighted by molar-refractivity contribution is -0.110. The van der Waals surface area contributed by atoms with Gasteiger partial charge in [0.25, 0.3) is 5.91 Å². The summed E-state index contributed by atoms with van der Waals surface area (Å²) in [5, 5.41) is 3.06. The van der Waals surface area contributed by atoms with Crippen molar-refractivity contribution in [3.63, 3.8) is 0 Å². The van der Waals surface area contributed by atoms with Crippen LogP contribution in [-0.4, -0.2) is 35.4 Å². The molecule has 2 aromatic carbocycles.